The Morgan fingerprint density at radius 2 is 1.74 bits per heavy atom. The molecule has 0 aliphatic carbocycles. The number of carbonyl (C=O) groups is 1. The van der Waals surface area contributed by atoms with Gasteiger partial charge in [-0.15, -0.1) is 10.2 Å². The number of carbonyl (C=O) groups excluding carboxylic acids is 1. The Balaban J connectivity index is 1.39. The SMILES string of the molecule is CC(C(=O)Nc1ccc(S(=O)(=O)N2CCCCC2)cc1)n1c(N)nnc1SCCc1ccccc1. The van der Waals surface area contributed by atoms with Crippen molar-refractivity contribution in [3.63, 3.8) is 0 Å². The molecule has 1 fully saturated rings. The molecule has 186 valence electrons. The van der Waals surface area contributed by atoms with Crippen LogP contribution in [0, 0.1) is 0 Å². The van der Waals surface area contributed by atoms with Gasteiger partial charge in [0.1, 0.15) is 6.04 Å². The number of benzene rings is 2. The van der Waals surface area contributed by atoms with Crippen LogP contribution in [0.2, 0.25) is 0 Å². The molecule has 1 unspecified atom stereocenters. The Kier molecular flexibility index (Phi) is 8.09. The molecule has 9 nitrogen and oxygen atoms in total. The van der Waals surface area contributed by atoms with E-state index in [0.29, 0.717) is 23.9 Å². The smallest absolute Gasteiger partial charge is 0.247 e. The molecule has 1 atom stereocenters. The number of piperidine rings is 1. The van der Waals surface area contributed by atoms with Gasteiger partial charge in [-0.2, -0.15) is 4.31 Å². The average molecular weight is 515 g/mol. The highest BCUT2D eigenvalue weighted by Gasteiger charge is 2.26. The average Bonchev–Trinajstić information content (AvgIpc) is 3.25. The molecule has 3 aromatic rings. The fourth-order valence-electron chi connectivity index (χ4n) is 3.98. The fraction of sp³-hybridized carbons (Fsp3) is 0.375. The van der Waals surface area contributed by atoms with Crippen LogP contribution in [0.3, 0.4) is 0 Å². The molecule has 1 aliphatic heterocycles. The summed E-state index contributed by atoms with van der Waals surface area (Å²) in [7, 11) is -3.52. The van der Waals surface area contributed by atoms with E-state index in [4.69, 9.17) is 5.73 Å². The van der Waals surface area contributed by atoms with Crippen molar-refractivity contribution in [2.75, 3.05) is 29.9 Å². The zero-order valence-electron chi connectivity index (χ0n) is 19.6. The van der Waals surface area contributed by atoms with Crippen LogP contribution in [0.1, 0.15) is 37.8 Å². The molecule has 0 radical (unpaired) electrons. The first kappa shape index (κ1) is 25.2. The predicted octanol–water partition coefficient (Wildman–Crippen LogP) is 3.57. The molecular formula is C24H30N6O3S2. The Morgan fingerprint density at radius 1 is 1.06 bits per heavy atom. The lowest BCUT2D eigenvalue weighted by Crippen LogP contribution is -2.35. The summed E-state index contributed by atoms with van der Waals surface area (Å²) < 4.78 is 28.8. The standard InChI is InChI=1S/C24H30N6O3S2/c1-18(30-23(25)27-28-24(30)34-17-14-19-8-4-2-5-9-19)22(31)26-20-10-12-21(13-11-20)35(32,33)29-15-6-3-7-16-29/h2,4-5,8-13,18H,3,6-7,14-17H2,1H3,(H2,25,27)(H,26,31). The summed E-state index contributed by atoms with van der Waals surface area (Å²) in [5.74, 6) is 0.634. The zero-order chi connectivity index (χ0) is 24.8. The highest BCUT2D eigenvalue weighted by atomic mass is 32.2. The molecule has 1 amide bonds. The molecule has 1 saturated heterocycles. The number of sulfonamides is 1. The minimum absolute atomic E-state index is 0.165. The van der Waals surface area contributed by atoms with Crippen molar-refractivity contribution in [3.05, 3.63) is 60.2 Å². The number of aryl methyl sites for hydroxylation is 1. The molecule has 1 aromatic heterocycles. The number of nitrogens with two attached hydrogens (primary N) is 1. The Morgan fingerprint density at radius 3 is 2.43 bits per heavy atom. The second kappa shape index (κ2) is 11.2. The third-order valence-electron chi connectivity index (χ3n) is 6.00. The Hall–Kier alpha value is -2.89. The molecule has 1 aliphatic rings. The van der Waals surface area contributed by atoms with Gasteiger partial charge in [-0.05, 0) is 56.0 Å². The van der Waals surface area contributed by atoms with Gasteiger partial charge in [0.05, 0.1) is 4.90 Å². The largest absolute Gasteiger partial charge is 0.368 e. The topological polar surface area (TPSA) is 123 Å². The van der Waals surface area contributed by atoms with E-state index < -0.39 is 16.1 Å². The summed E-state index contributed by atoms with van der Waals surface area (Å²) in [6.07, 6.45) is 3.67. The van der Waals surface area contributed by atoms with Crippen molar-refractivity contribution in [2.45, 2.75) is 48.7 Å². The summed E-state index contributed by atoms with van der Waals surface area (Å²) >= 11 is 1.49. The first-order chi connectivity index (χ1) is 16.9. The van der Waals surface area contributed by atoms with Crippen molar-refractivity contribution in [1.29, 1.82) is 0 Å². The number of nitrogens with zero attached hydrogens (tertiary/aromatic N) is 4. The van der Waals surface area contributed by atoms with Crippen molar-refractivity contribution in [2.24, 2.45) is 0 Å². The van der Waals surface area contributed by atoms with Gasteiger partial charge in [0.15, 0.2) is 5.16 Å². The molecular weight excluding hydrogens is 484 g/mol. The lowest BCUT2D eigenvalue weighted by molar-refractivity contribution is -0.118. The van der Waals surface area contributed by atoms with Crippen LogP contribution in [-0.2, 0) is 21.2 Å². The summed E-state index contributed by atoms with van der Waals surface area (Å²) in [4.78, 5) is 13.2. The third-order valence-corrected chi connectivity index (χ3v) is 8.85. The monoisotopic (exact) mass is 514 g/mol. The second-order valence-electron chi connectivity index (χ2n) is 8.45. The number of amides is 1. The van der Waals surface area contributed by atoms with Crippen LogP contribution in [0.15, 0.2) is 64.6 Å². The quantitative estimate of drug-likeness (QED) is 0.419. The van der Waals surface area contributed by atoms with Crippen LogP contribution in [0.4, 0.5) is 11.6 Å². The van der Waals surface area contributed by atoms with Gasteiger partial charge in [-0.25, -0.2) is 8.42 Å². The van der Waals surface area contributed by atoms with Crippen LogP contribution >= 0.6 is 11.8 Å². The number of nitrogen functional groups attached to an aromatic ring is 1. The van der Waals surface area contributed by atoms with E-state index in [1.54, 1.807) is 23.6 Å². The molecule has 0 bridgehead atoms. The third kappa shape index (κ3) is 6.03. The van der Waals surface area contributed by atoms with E-state index in [9.17, 15) is 13.2 Å². The lowest BCUT2D eigenvalue weighted by Gasteiger charge is -2.25. The summed E-state index contributed by atoms with van der Waals surface area (Å²) in [6.45, 7) is 2.82. The fourth-order valence-corrected chi connectivity index (χ4v) is 6.51. The van der Waals surface area contributed by atoms with E-state index in [1.807, 2.05) is 18.2 Å². The lowest BCUT2D eigenvalue weighted by atomic mass is 10.2. The number of nitrogens with one attached hydrogen (secondary N) is 1. The van der Waals surface area contributed by atoms with Gasteiger partial charge in [0.25, 0.3) is 0 Å². The zero-order valence-corrected chi connectivity index (χ0v) is 21.3. The van der Waals surface area contributed by atoms with Crippen LogP contribution in [0.25, 0.3) is 0 Å². The maximum absolute atomic E-state index is 13.0. The Labute approximate surface area is 210 Å². The van der Waals surface area contributed by atoms with E-state index in [2.05, 4.69) is 27.6 Å². The Bertz CT molecular complexity index is 1240. The van der Waals surface area contributed by atoms with Crippen LogP contribution in [0.5, 0.6) is 0 Å². The van der Waals surface area contributed by atoms with E-state index in [1.165, 1.54) is 33.8 Å². The highest BCUT2D eigenvalue weighted by Crippen LogP contribution is 2.26. The van der Waals surface area contributed by atoms with Gasteiger partial charge in [-0.1, -0.05) is 48.5 Å². The molecule has 2 heterocycles. The number of hydrogen-bond donors (Lipinski definition) is 2. The maximum atomic E-state index is 13.0. The first-order valence-corrected chi connectivity index (χ1v) is 14.1. The number of anilines is 2. The molecule has 3 N–H and O–H groups in total. The minimum atomic E-state index is -3.52. The van der Waals surface area contributed by atoms with E-state index in [-0.39, 0.29) is 16.8 Å². The van der Waals surface area contributed by atoms with Crippen molar-refractivity contribution < 1.29 is 13.2 Å². The minimum Gasteiger partial charge on any atom is -0.368 e. The van der Waals surface area contributed by atoms with Gasteiger partial charge in [0.2, 0.25) is 21.9 Å². The van der Waals surface area contributed by atoms with Gasteiger partial charge in [-0.3, -0.25) is 9.36 Å². The maximum Gasteiger partial charge on any atom is 0.247 e. The number of thioether (sulfide) groups is 1. The molecule has 0 saturated carbocycles. The van der Waals surface area contributed by atoms with E-state index >= 15 is 0 Å². The highest BCUT2D eigenvalue weighted by molar-refractivity contribution is 7.99. The molecule has 2 aromatic carbocycles. The van der Waals surface area contributed by atoms with Crippen molar-refractivity contribution in [3.8, 4) is 0 Å². The number of rotatable bonds is 9. The molecule has 0 spiro atoms. The van der Waals surface area contributed by atoms with Crippen molar-refractivity contribution >= 4 is 39.3 Å². The molecule has 4 rings (SSSR count). The van der Waals surface area contributed by atoms with Gasteiger partial charge >= 0.3 is 0 Å². The van der Waals surface area contributed by atoms with Gasteiger partial charge < -0.3 is 11.1 Å². The molecule has 11 heteroatoms. The summed E-state index contributed by atoms with van der Waals surface area (Å²) in [6, 6.07) is 15.7. The normalized spacial score (nSPS) is 15.6. The molecule has 35 heavy (non-hydrogen) atoms. The summed E-state index contributed by atoms with van der Waals surface area (Å²) in [5.41, 5.74) is 7.74. The van der Waals surface area contributed by atoms with E-state index in [0.717, 1.165) is 31.4 Å². The number of aromatic nitrogens is 3. The summed E-state index contributed by atoms with van der Waals surface area (Å²) in [5, 5.41) is 11.5. The van der Waals surface area contributed by atoms with Crippen molar-refractivity contribution in [1.82, 2.24) is 19.1 Å². The predicted molar refractivity (Wildman–Crippen MR) is 138 cm³/mol. The second-order valence-corrected chi connectivity index (χ2v) is 11.4. The van der Waals surface area contributed by atoms with Gasteiger partial charge in [0, 0.05) is 24.5 Å². The first-order valence-electron chi connectivity index (χ1n) is 11.6. The van der Waals surface area contributed by atoms with Crippen LogP contribution < -0.4 is 11.1 Å². The number of hydrogen-bond acceptors (Lipinski definition) is 7. The van der Waals surface area contributed by atoms with Crippen LogP contribution in [-0.4, -0.2) is 52.2 Å².